The summed E-state index contributed by atoms with van der Waals surface area (Å²) < 4.78 is 6.49. The molecule has 0 spiro atoms. The molecule has 1 aromatic heterocycles. The lowest BCUT2D eigenvalue weighted by atomic mass is 10.1. The van der Waals surface area contributed by atoms with Gasteiger partial charge in [0.05, 0.1) is 0 Å². The number of carboxylic acids is 2. The predicted molar refractivity (Wildman–Crippen MR) is 115 cm³/mol. The van der Waals surface area contributed by atoms with E-state index in [4.69, 9.17) is 24.5 Å². The van der Waals surface area contributed by atoms with E-state index in [1.54, 1.807) is 11.3 Å². The summed E-state index contributed by atoms with van der Waals surface area (Å²) in [5.74, 6) is -2.68. The summed E-state index contributed by atoms with van der Waals surface area (Å²) in [5, 5.41) is 19.3. The van der Waals surface area contributed by atoms with Gasteiger partial charge in [-0.15, -0.1) is 11.3 Å². The molecule has 0 amide bonds. The number of carbonyl (C=O) groups is 2. The van der Waals surface area contributed by atoms with Crippen LogP contribution in [0.3, 0.4) is 0 Å². The van der Waals surface area contributed by atoms with Crippen LogP contribution >= 0.6 is 11.3 Å². The van der Waals surface area contributed by atoms with Gasteiger partial charge in [-0.05, 0) is 49.5 Å². The standard InChI is InChI=1S/C20H23NOS.C2H2O4/c1-15-12-14-23-20(15)19(11-13-21(2)3)22-18-10-6-8-16-7-4-5-9-17(16)18;3-1(4)2(5)6/h4-10,12,14,19H,11,13H2,1-3H3;(H,3,4)(H,5,6). The molecule has 0 aliphatic rings. The number of ether oxygens (including phenoxy) is 1. The van der Waals surface area contributed by atoms with Crippen LogP contribution in [0.4, 0.5) is 0 Å². The van der Waals surface area contributed by atoms with E-state index in [0.29, 0.717) is 0 Å². The van der Waals surface area contributed by atoms with Crippen molar-refractivity contribution < 1.29 is 24.5 Å². The Hall–Kier alpha value is -2.90. The fourth-order valence-electron chi connectivity index (χ4n) is 2.79. The highest BCUT2D eigenvalue weighted by Gasteiger charge is 2.18. The number of benzene rings is 2. The molecule has 0 aliphatic heterocycles. The van der Waals surface area contributed by atoms with Crippen molar-refractivity contribution in [1.82, 2.24) is 4.90 Å². The smallest absolute Gasteiger partial charge is 0.414 e. The molecular formula is C22H25NO5S. The number of aryl methyl sites for hydroxylation is 1. The number of hydrogen-bond donors (Lipinski definition) is 2. The van der Waals surface area contributed by atoms with Gasteiger partial charge in [-0.3, -0.25) is 0 Å². The number of aliphatic carboxylic acids is 2. The van der Waals surface area contributed by atoms with E-state index in [9.17, 15) is 0 Å². The van der Waals surface area contributed by atoms with Crippen LogP contribution in [0.1, 0.15) is 23.0 Å². The summed E-state index contributed by atoms with van der Waals surface area (Å²) in [7, 11) is 4.21. The Morgan fingerprint density at radius 1 is 1.03 bits per heavy atom. The average molecular weight is 416 g/mol. The van der Waals surface area contributed by atoms with E-state index in [1.165, 1.54) is 21.2 Å². The maximum atomic E-state index is 9.10. The molecule has 0 radical (unpaired) electrons. The number of carboxylic acid groups (broad SMARTS) is 2. The lowest BCUT2D eigenvalue weighted by molar-refractivity contribution is -0.159. The first-order valence-corrected chi connectivity index (χ1v) is 9.97. The Bertz CT molecular complexity index is 949. The van der Waals surface area contributed by atoms with E-state index in [1.807, 2.05) is 0 Å². The van der Waals surface area contributed by atoms with E-state index >= 15 is 0 Å². The van der Waals surface area contributed by atoms with Crippen LogP contribution in [0.15, 0.2) is 53.9 Å². The maximum absolute atomic E-state index is 9.10. The number of rotatable bonds is 6. The molecule has 6 nitrogen and oxygen atoms in total. The molecule has 0 bridgehead atoms. The molecule has 2 N–H and O–H groups in total. The zero-order valence-corrected chi connectivity index (χ0v) is 17.5. The van der Waals surface area contributed by atoms with Crippen molar-refractivity contribution in [2.45, 2.75) is 19.4 Å². The predicted octanol–water partition coefficient (Wildman–Crippen LogP) is 4.44. The van der Waals surface area contributed by atoms with Crippen molar-refractivity contribution >= 4 is 34.0 Å². The first-order valence-electron chi connectivity index (χ1n) is 9.09. The van der Waals surface area contributed by atoms with Crippen molar-refractivity contribution in [3.63, 3.8) is 0 Å². The Balaban J connectivity index is 0.000000438. The molecule has 0 saturated heterocycles. The molecule has 0 fully saturated rings. The van der Waals surface area contributed by atoms with Gasteiger partial charge in [-0.2, -0.15) is 0 Å². The second-order valence-electron chi connectivity index (χ2n) is 6.75. The van der Waals surface area contributed by atoms with Crippen molar-refractivity contribution in [3.05, 3.63) is 64.4 Å². The Kier molecular flexibility index (Phi) is 8.18. The molecule has 3 rings (SSSR count). The Morgan fingerprint density at radius 3 is 2.28 bits per heavy atom. The van der Waals surface area contributed by atoms with Gasteiger partial charge in [-0.25, -0.2) is 9.59 Å². The van der Waals surface area contributed by atoms with Crippen LogP contribution in [-0.2, 0) is 9.59 Å². The third-order valence-electron chi connectivity index (χ3n) is 4.23. The molecule has 7 heteroatoms. The highest BCUT2D eigenvalue weighted by molar-refractivity contribution is 7.10. The Labute approximate surface area is 174 Å². The van der Waals surface area contributed by atoms with Crippen molar-refractivity contribution in [2.75, 3.05) is 20.6 Å². The minimum Gasteiger partial charge on any atom is -0.484 e. The van der Waals surface area contributed by atoms with E-state index in [0.717, 1.165) is 18.7 Å². The van der Waals surface area contributed by atoms with Gasteiger partial charge in [0, 0.05) is 23.2 Å². The highest BCUT2D eigenvalue weighted by atomic mass is 32.1. The molecule has 2 aromatic carbocycles. The molecule has 29 heavy (non-hydrogen) atoms. The monoisotopic (exact) mass is 415 g/mol. The third kappa shape index (κ3) is 6.58. The summed E-state index contributed by atoms with van der Waals surface area (Å²) >= 11 is 1.79. The fourth-order valence-corrected chi connectivity index (χ4v) is 3.78. The summed E-state index contributed by atoms with van der Waals surface area (Å²) in [6, 6.07) is 16.9. The van der Waals surface area contributed by atoms with Gasteiger partial charge in [0.1, 0.15) is 11.9 Å². The second-order valence-corrected chi connectivity index (χ2v) is 7.70. The number of fused-ring (bicyclic) bond motifs is 1. The van der Waals surface area contributed by atoms with Gasteiger partial charge < -0.3 is 19.8 Å². The highest BCUT2D eigenvalue weighted by Crippen LogP contribution is 2.34. The van der Waals surface area contributed by atoms with Crippen molar-refractivity contribution in [2.24, 2.45) is 0 Å². The largest absolute Gasteiger partial charge is 0.484 e. The van der Waals surface area contributed by atoms with Gasteiger partial charge in [0.2, 0.25) is 0 Å². The first-order chi connectivity index (χ1) is 13.8. The lowest BCUT2D eigenvalue weighted by Crippen LogP contribution is -2.18. The molecular weight excluding hydrogens is 390 g/mol. The third-order valence-corrected chi connectivity index (χ3v) is 5.35. The van der Waals surface area contributed by atoms with Crippen molar-refractivity contribution in [3.8, 4) is 5.75 Å². The average Bonchev–Trinajstić information content (AvgIpc) is 3.11. The van der Waals surface area contributed by atoms with Crippen molar-refractivity contribution in [1.29, 1.82) is 0 Å². The Morgan fingerprint density at radius 2 is 1.69 bits per heavy atom. The topological polar surface area (TPSA) is 87.1 Å². The van der Waals surface area contributed by atoms with Crippen LogP contribution < -0.4 is 4.74 Å². The molecule has 0 aliphatic carbocycles. The SMILES string of the molecule is Cc1ccsc1C(CCN(C)C)Oc1cccc2ccccc12.O=C(O)C(=O)O. The number of hydrogen-bond acceptors (Lipinski definition) is 5. The zero-order chi connectivity index (χ0) is 21.4. The molecule has 1 heterocycles. The van der Waals surface area contributed by atoms with Gasteiger partial charge in [0.25, 0.3) is 0 Å². The lowest BCUT2D eigenvalue weighted by Gasteiger charge is -2.22. The minimum absolute atomic E-state index is 0.100. The quantitative estimate of drug-likeness (QED) is 0.579. The number of thiophene rings is 1. The molecule has 1 atom stereocenters. The van der Waals surface area contributed by atoms with Crippen LogP contribution in [0, 0.1) is 6.92 Å². The first kappa shape index (κ1) is 22.4. The summed E-state index contributed by atoms with van der Waals surface area (Å²) in [6.45, 7) is 3.17. The van der Waals surface area contributed by atoms with E-state index in [-0.39, 0.29) is 6.10 Å². The molecule has 154 valence electrons. The van der Waals surface area contributed by atoms with Gasteiger partial charge >= 0.3 is 11.9 Å². The molecule has 3 aromatic rings. The zero-order valence-electron chi connectivity index (χ0n) is 16.7. The van der Waals surface area contributed by atoms with Gasteiger partial charge in [0.15, 0.2) is 0 Å². The normalized spacial score (nSPS) is 11.6. The molecule has 0 saturated carbocycles. The summed E-state index contributed by atoms with van der Waals surface area (Å²) in [5.41, 5.74) is 1.32. The number of nitrogens with zero attached hydrogens (tertiary/aromatic N) is 1. The maximum Gasteiger partial charge on any atom is 0.414 e. The van der Waals surface area contributed by atoms with Gasteiger partial charge in [-0.1, -0.05) is 36.4 Å². The van der Waals surface area contributed by atoms with E-state index in [2.05, 4.69) is 79.8 Å². The van der Waals surface area contributed by atoms with Crippen LogP contribution in [-0.4, -0.2) is 47.7 Å². The van der Waals surface area contributed by atoms with E-state index < -0.39 is 11.9 Å². The van der Waals surface area contributed by atoms with Crippen LogP contribution in [0.25, 0.3) is 10.8 Å². The second kappa shape index (κ2) is 10.6. The van der Waals surface area contributed by atoms with Crippen LogP contribution in [0.2, 0.25) is 0 Å². The summed E-state index contributed by atoms with van der Waals surface area (Å²) in [6.07, 6.45) is 1.08. The molecule has 1 unspecified atom stereocenters. The minimum atomic E-state index is -1.82. The van der Waals surface area contributed by atoms with Crippen LogP contribution in [0.5, 0.6) is 5.75 Å². The summed E-state index contributed by atoms with van der Waals surface area (Å²) in [4.78, 5) is 21.7. The fraction of sp³-hybridized carbons (Fsp3) is 0.273.